The number of hydrogen-bond donors (Lipinski definition) is 1. The molecule has 1 saturated carbocycles. The quantitative estimate of drug-likeness (QED) is 0.862. The van der Waals surface area contributed by atoms with Gasteiger partial charge in [-0.05, 0) is 42.9 Å². The summed E-state index contributed by atoms with van der Waals surface area (Å²) in [7, 11) is 0. The monoisotopic (exact) mass is 249 g/mol. The van der Waals surface area contributed by atoms with Crippen molar-refractivity contribution in [1.82, 2.24) is 5.32 Å². The van der Waals surface area contributed by atoms with E-state index in [4.69, 9.17) is 11.6 Å². The van der Waals surface area contributed by atoms with Gasteiger partial charge in [0, 0.05) is 23.5 Å². The SMILES string of the molecule is Clc1ccc(CC2(C3CCCC3)CNC2)cc1. The molecule has 1 aliphatic heterocycles. The van der Waals surface area contributed by atoms with Crippen molar-refractivity contribution in [2.75, 3.05) is 13.1 Å². The second kappa shape index (κ2) is 4.62. The van der Waals surface area contributed by atoms with Crippen molar-refractivity contribution in [1.29, 1.82) is 0 Å². The maximum atomic E-state index is 5.95. The Bertz CT molecular complexity index is 374. The van der Waals surface area contributed by atoms with Gasteiger partial charge in [-0.15, -0.1) is 0 Å². The van der Waals surface area contributed by atoms with Crippen molar-refractivity contribution < 1.29 is 0 Å². The molecule has 1 N–H and O–H groups in total. The van der Waals surface area contributed by atoms with E-state index < -0.39 is 0 Å². The third-order valence-corrected chi connectivity index (χ3v) is 4.90. The minimum absolute atomic E-state index is 0.546. The molecule has 92 valence electrons. The molecule has 0 spiro atoms. The Morgan fingerprint density at radius 2 is 1.76 bits per heavy atom. The molecule has 0 atom stereocenters. The lowest BCUT2D eigenvalue weighted by atomic mass is 9.66. The molecule has 1 aromatic rings. The molecule has 2 heteroatoms. The van der Waals surface area contributed by atoms with E-state index >= 15 is 0 Å². The average molecular weight is 250 g/mol. The molecule has 1 nitrogen and oxygen atoms in total. The summed E-state index contributed by atoms with van der Waals surface area (Å²) in [5.41, 5.74) is 1.99. The van der Waals surface area contributed by atoms with Gasteiger partial charge in [0.05, 0.1) is 0 Å². The van der Waals surface area contributed by atoms with E-state index in [1.165, 1.54) is 50.8 Å². The second-order valence-electron chi connectivity index (χ2n) is 5.75. The van der Waals surface area contributed by atoms with Crippen molar-refractivity contribution in [2.45, 2.75) is 32.1 Å². The molecule has 0 bridgehead atoms. The lowest BCUT2D eigenvalue weighted by Crippen LogP contribution is -2.58. The molecule has 0 radical (unpaired) electrons. The zero-order chi connectivity index (χ0) is 11.7. The van der Waals surface area contributed by atoms with Gasteiger partial charge in [-0.1, -0.05) is 36.6 Å². The van der Waals surface area contributed by atoms with Crippen LogP contribution in [0.25, 0.3) is 0 Å². The molecule has 1 aliphatic carbocycles. The van der Waals surface area contributed by atoms with E-state index in [-0.39, 0.29) is 0 Å². The average Bonchev–Trinajstić information content (AvgIpc) is 2.80. The molecule has 1 heterocycles. The van der Waals surface area contributed by atoms with E-state index in [1.54, 1.807) is 0 Å². The topological polar surface area (TPSA) is 12.0 Å². The maximum absolute atomic E-state index is 5.95. The first kappa shape index (κ1) is 11.6. The molecule has 2 fully saturated rings. The highest BCUT2D eigenvalue weighted by Crippen LogP contribution is 2.44. The third-order valence-electron chi connectivity index (χ3n) is 4.64. The Kier molecular flexibility index (Phi) is 3.14. The predicted molar refractivity (Wildman–Crippen MR) is 72.4 cm³/mol. The van der Waals surface area contributed by atoms with Crippen molar-refractivity contribution in [3.05, 3.63) is 34.9 Å². The zero-order valence-corrected chi connectivity index (χ0v) is 11.0. The Morgan fingerprint density at radius 3 is 2.29 bits per heavy atom. The first-order valence-electron chi connectivity index (χ1n) is 6.74. The molecule has 2 aliphatic rings. The van der Waals surface area contributed by atoms with Crippen LogP contribution in [-0.4, -0.2) is 13.1 Å². The fourth-order valence-corrected chi connectivity index (χ4v) is 3.68. The van der Waals surface area contributed by atoms with Crippen molar-refractivity contribution in [3.63, 3.8) is 0 Å². The molecule has 1 aromatic carbocycles. The van der Waals surface area contributed by atoms with E-state index in [0.717, 1.165) is 10.9 Å². The van der Waals surface area contributed by atoms with Crippen LogP contribution in [0.15, 0.2) is 24.3 Å². The van der Waals surface area contributed by atoms with E-state index in [1.807, 2.05) is 12.1 Å². The van der Waals surface area contributed by atoms with Crippen LogP contribution in [0.5, 0.6) is 0 Å². The van der Waals surface area contributed by atoms with Crippen molar-refractivity contribution in [3.8, 4) is 0 Å². The fourth-order valence-electron chi connectivity index (χ4n) is 3.55. The minimum atomic E-state index is 0.546. The Morgan fingerprint density at radius 1 is 1.12 bits per heavy atom. The summed E-state index contributed by atoms with van der Waals surface area (Å²) in [6, 6.07) is 8.42. The van der Waals surface area contributed by atoms with Gasteiger partial charge in [-0.2, -0.15) is 0 Å². The Labute approximate surface area is 109 Å². The lowest BCUT2D eigenvalue weighted by molar-refractivity contribution is 0.0812. The molecular weight excluding hydrogens is 230 g/mol. The second-order valence-corrected chi connectivity index (χ2v) is 6.19. The Balaban J connectivity index is 1.75. The first-order valence-corrected chi connectivity index (χ1v) is 7.11. The highest BCUT2D eigenvalue weighted by atomic mass is 35.5. The van der Waals surface area contributed by atoms with Crippen LogP contribution < -0.4 is 5.32 Å². The molecule has 0 amide bonds. The minimum Gasteiger partial charge on any atom is -0.315 e. The van der Waals surface area contributed by atoms with Gasteiger partial charge in [0.15, 0.2) is 0 Å². The van der Waals surface area contributed by atoms with E-state index in [2.05, 4.69) is 17.4 Å². The van der Waals surface area contributed by atoms with Gasteiger partial charge >= 0.3 is 0 Å². The number of hydrogen-bond acceptors (Lipinski definition) is 1. The van der Waals surface area contributed by atoms with Gasteiger partial charge in [0.1, 0.15) is 0 Å². The summed E-state index contributed by atoms with van der Waals surface area (Å²) < 4.78 is 0. The highest BCUT2D eigenvalue weighted by molar-refractivity contribution is 6.30. The summed E-state index contributed by atoms with van der Waals surface area (Å²) in [4.78, 5) is 0. The number of halogens is 1. The fraction of sp³-hybridized carbons (Fsp3) is 0.600. The van der Waals surface area contributed by atoms with Crippen molar-refractivity contribution in [2.24, 2.45) is 11.3 Å². The van der Waals surface area contributed by atoms with E-state index in [0.29, 0.717) is 5.41 Å². The molecule has 0 unspecified atom stereocenters. The largest absolute Gasteiger partial charge is 0.315 e. The van der Waals surface area contributed by atoms with Crippen LogP contribution in [-0.2, 0) is 6.42 Å². The molecule has 1 saturated heterocycles. The number of rotatable bonds is 3. The molecule has 17 heavy (non-hydrogen) atoms. The third kappa shape index (κ3) is 2.23. The van der Waals surface area contributed by atoms with Crippen molar-refractivity contribution >= 4 is 11.6 Å². The van der Waals surface area contributed by atoms with Gasteiger partial charge < -0.3 is 5.32 Å². The molecule has 0 aromatic heterocycles. The van der Waals surface area contributed by atoms with Gasteiger partial charge in [-0.3, -0.25) is 0 Å². The number of nitrogens with one attached hydrogen (secondary N) is 1. The highest BCUT2D eigenvalue weighted by Gasteiger charge is 2.44. The van der Waals surface area contributed by atoms with Crippen LogP contribution in [0.2, 0.25) is 5.02 Å². The Hall–Kier alpha value is -0.530. The standard InChI is InChI=1S/C15H20ClN/c16-14-7-5-12(6-8-14)9-15(10-17-11-15)13-3-1-2-4-13/h5-8,13,17H,1-4,9-11H2. The van der Waals surface area contributed by atoms with E-state index in [9.17, 15) is 0 Å². The zero-order valence-electron chi connectivity index (χ0n) is 10.2. The summed E-state index contributed by atoms with van der Waals surface area (Å²) in [6.45, 7) is 2.42. The van der Waals surface area contributed by atoms with Crippen LogP contribution in [0.3, 0.4) is 0 Å². The smallest absolute Gasteiger partial charge is 0.0406 e. The van der Waals surface area contributed by atoms with Gasteiger partial charge in [-0.25, -0.2) is 0 Å². The summed E-state index contributed by atoms with van der Waals surface area (Å²) in [5.74, 6) is 0.944. The summed E-state index contributed by atoms with van der Waals surface area (Å²) in [6.07, 6.45) is 6.98. The summed E-state index contributed by atoms with van der Waals surface area (Å²) >= 11 is 5.95. The number of benzene rings is 1. The van der Waals surface area contributed by atoms with Gasteiger partial charge in [0.25, 0.3) is 0 Å². The lowest BCUT2D eigenvalue weighted by Gasteiger charge is -2.48. The molecular formula is C15H20ClN. The van der Waals surface area contributed by atoms with Crippen LogP contribution >= 0.6 is 11.6 Å². The molecule has 3 rings (SSSR count). The van der Waals surface area contributed by atoms with Crippen LogP contribution in [0, 0.1) is 11.3 Å². The van der Waals surface area contributed by atoms with Crippen LogP contribution in [0.4, 0.5) is 0 Å². The van der Waals surface area contributed by atoms with Crippen LogP contribution in [0.1, 0.15) is 31.2 Å². The first-order chi connectivity index (χ1) is 8.28. The predicted octanol–water partition coefficient (Wildman–Crippen LogP) is 3.66. The maximum Gasteiger partial charge on any atom is 0.0406 e. The normalized spacial score (nSPS) is 23.6. The summed E-state index contributed by atoms with van der Waals surface area (Å²) in [5, 5.41) is 4.33. The van der Waals surface area contributed by atoms with Gasteiger partial charge in [0.2, 0.25) is 0 Å².